The molecular formula is C19H10F4N6O. The molecule has 7 nitrogen and oxygen atoms in total. The molecule has 1 N–H and O–H groups in total. The third-order valence-electron chi connectivity index (χ3n) is 4.45. The lowest BCUT2D eigenvalue weighted by atomic mass is 10.1. The van der Waals surface area contributed by atoms with Gasteiger partial charge < -0.3 is 4.74 Å². The van der Waals surface area contributed by atoms with Crippen LogP contribution in [0.25, 0.3) is 28.1 Å². The molecule has 0 unspecified atom stereocenters. The molecule has 0 atom stereocenters. The molecule has 0 aliphatic rings. The number of hydrogen-bond acceptors (Lipinski definition) is 5. The van der Waals surface area contributed by atoms with Gasteiger partial charge in [0.25, 0.3) is 0 Å². The number of halogens is 4. The van der Waals surface area contributed by atoms with Gasteiger partial charge in [-0.3, -0.25) is 5.10 Å². The Bertz CT molecular complexity index is 1370. The van der Waals surface area contributed by atoms with E-state index in [-0.39, 0.29) is 12.7 Å². The second-order valence-corrected chi connectivity index (χ2v) is 6.36. The Morgan fingerprint density at radius 1 is 1.00 bits per heavy atom. The van der Waals surface area contributed by atoms with Crippen LogP contribution in [0.5, 0.6) is 5.75 Å². The Morgan fingerprint density at radius 3 is 2.47 bits per heavy atom. The summed E-state index contributed by atoms with van der Waals surface area (Å²) in [6.45, 7) is -0.296. The van der Waals surface area contributed by atoms with E-state index < -0.39 is 29.0 Å². The van der Waals surface area contributed by atoms with Gasteiger partial charge in [-0.1, -0.05) is 24.3 Å². The molecule has 5 rings (SSSR count). The summed E-state index contributed by atoms with van der Waals surface area (Å²) < 4.78 is 60.4. The minimum absolute atomic E-state index is 0.126. The van der Waals surface area contributed by atoms with Gasteiger partial charge in [-0.2, -0.15) is 13.9 Å². The summed E-state index contributed by atoms with van der Waals surface area (Å²) in [4.78, 5) is 8.67. The standard InChI is InChI=1S/C19H10F4N6O/c20-12-5-13(21)15(23)16(14(12)22)30-7-9-1-3-10(4-2-9)17-26-19-11-6-25-27-18(11)24-8-29(19)28-17/h1-6,8H,7H2,(H,25,27). The highest BCUT2D eigenvalue weighted by Crippen LogP contribution is 2.27. The summed E-state index contributed by atoms with van der Waals surface area (Å²) in [5.41, 5.74) is 2.36. The SMILES string of the molecule is Fc1cc(F)c(F)c(OCc2ccc(-c3nc4c5cn[nH]c5ncn4n3)cc2)c1F. The van der Waals surface area contributed by atoms with Crippen LogP contribution in [-0.2, 0) is 6.61 Å². The third-order valence-corrected chi connectivity index (χ3v) is 4.45. The van der Waals surface area contributed by atoms with E-state index in [1.54, 1.807) is 30.5 Å². The van der Waals surface area contributed by atoms with Crippen molar-refractivity contribution in [3.8, 4) is 17.1 Å². The summed E-state index contributed by atoms with van der Waals surface area (Å²) in [5.74, 6) is -6.90. The molecule has 11 heteroatoms. The van der Waals surface area contributed by atoms with Crippen LogP contribution in [0.1, 0.15) is 5.56 Å². The Kier molecular flexibility index (Phi) is 4.09. The topological polar surface area (TPSA) is 81.0 Å². The van der Waals surface area contributed by atoms with Crippen molar-refractivity contribution in [3.63, 3.8) is 0 Å². The van der Waals surface area contributed by atoms with Crippen LogP contribution in [0.15, 0.2) is 42.9 Å². The van der Waals surface area contributed by atoms with E-state index in [9.17, 15) is 17.6 Å². The van der Waals surface area contributed by atoms with Gasteiger partial charge in [-0.05, 0) is 5.56 Å². The summed E-state index contributed by atoms with van der Waals surface area (Å²) in [7, 11) is 0. The minimum Gasteiger partial charge on any atom is -0.483 e. The van der Waals surface area contributed by atoms with Gasteiger partial charge in [0.1, 0.15) is 12.9 Å². The number of aromatic nitrogens is 6. The number of H-pyrrole nitrogens is 1. The molecule has 5 aromatic rings. The highest BCUT2D eigenvalue weighted by Gasteiger charge is 2.20. The molecule has 0 aliphatic carbocycles. The predicted octanol–water partition coefficient (Wildman–Crippen LogP) is 3.80. The maximum atomic E-state index is 13.7. The normalized spacial score (nSPS) is 11.5. The van der Waals surface area contributed by atoms with Crippen molar-refractivity contribution in [2.45, 2.75) is 6.61 Å². The zero-order chi connectivity index (χ0) is 20.8. The zero-order valence-corrected chi connectivity index (χ0v) is 14.9. The Morgan fingerprint density at radius 2 is 1.73 bits per heavy atom. The Hall–Kier alpha value is -4.02. The quantitative estimate of drug-likeness (QED) is 0.357. The molecular weight excluding hydrogens is 404 g/mol. The van der Waals surface area contributed by atoms with E-state index in [0.29, 0.717) is 33.6 Å². The van der Waals surface area contributed by atoms with Gasteiger partial charge in [0.2, 0.25) is 11.6 Å². The average Bonchev–Trinajstić information content (AvgIpc) is 3.39. The number of rotatable bonds is 4. The lowest BCUT2D eigenvalue weighted by molar-refractivity contribution is 0.261. The van der Waals surface area contributed by atoms with Crippen molar-refractivity contribution >= 4 is 16.7 Å². The van der Waals surface area contributed by atoms with Crippen LogP contribution in [0.2, 0.25) is 0 Å². The molecule has 150 valence electrons. The fourth-order valence-corrected chi connectivity index (χ4v) is 2.95. The molecule has 0 fully saturated rings. The Balaban J connectivity index is 1.39. The largest absolute Gasteiger partial charge is 0.483 e. The first kappa shape index (κ1) is 18.0. The van der Waals surface area contributed by atoms with E-state index in [2.05, 4.69) is 25.3 Å². The third kappa shape index (κ3) is 2.91. The van der Waals surface area contributed by atoms with Gasteiger partial charge in [0.15, 0.2) is 34.5 Å². The molecule has 2 aromatic carbocycles. The summed E-state index contributed by atoms with van der Waals surface area (Å²) in [6.07, 6.45) is 3.11. The van der Waals surface area contributed by atoms with Crippen LogP contribution in [0, 0.1) is 23.3 Å². The van der Waals surface area contributed by atoms with E-state index in [0.717, 1.165) is 0 Å². The first-order valence-corrected chi connectivity index (χ1v) is 8.61. The molecule has 0 aliphatic heterocycles. The van der Waals surface area contributed by atoms with Crippen LogP contribution in [0.3, 0.4) is 0 Å². The first-order chi connectivity index (χ1) is 14.5. The summed E-state index contributed by atoms with van der Waals surface area (Å²) >= 11 is 0. The number of hydrogen-bond donors (Lipinski definition) is 1. The van der Waals surface area contributed by atoms with Crippen molar-refractivity contribution in [1.82, 2.24) is 29.8 Å². The van der Waals surface area contributed by atoms with Gasteiger partial charge in [-0.15, -0.1) is 5.10 Å². The number of aromatic amines is 1. The van der Waals surface area contributed by atoms with E-state index in [1.165, 1.54) is 10.8 Å². The number of nitrogens with zero attached hydrogens (tertiary/aromatic N) is 5. The molecule has 0 saturated heterocycles. The molecule has 3 heterocycles. The molecule has 0 amide bonds. The monoisotopic (exact) mass is 414 g/mol. The summed E-state index contributed by atoms with van der Waals surface area (Å²) in [5, 5.41) is 11.8. The molecule has 3 aromatic heterocycles. The fraction of sp³-hybridized carbons (Fsp3) is 0.0526. The number of ether oxygens (including phenoxy) is 1. The average molecular weight is 414 g/mol. The van der Waals surface area contributed by atoms with Crippen molar-refractivity contribution in [1.29, 1.82) is 0 Å². The number of fused-ring (bicyclic) bond motifs is 3. The van der Waals surface area contributed by atoms with E-state index >= 15 is 0 Å². The fourth-order valence-electron chi connectivity index (χ4n) is 2.95. The van der Waals surface area contributed by atoms with Crippen molar-refractivity contribution in [2.24, 2.45) is 0 Å². The highest BCUT2D eigenvalue weighted by atomic mass is 19.2. The van der Waals surface area contributed by atoms with Crippen LogP contribution in [-0.4, -0.2) is 29.8 Å². The molecule has 30 heavy (non-hydrogen) atoms. The van der Waals surface area contributed by atoms with Gasteiger partial charge in [-0.25, -0.2) is 23.3 Å². The zero-order valence-electron chi connectivity index (χ0n) is 14.9. The second-order valence-electron chi connectivity index (χ2n) is 6.36. The minimum atomic E-state index is -1.58. The van der Waals surface area contributed by atoms with Gasteiger partial charge in [0.05, 0.1) is 11.6 Å². The van der Waals surface area contributed by atoms with Crippen molar-refractivity contribution < 1.29 is 22.3 Å². The maximum absolute atomic E-state index is 13.7. The van der Waals surface area contributed by atoms with Gasteiger partial charge >= 0.3 is 0 Å². The summed E-state index contributed by atoms with van der Waals surface area (Å²) in [6, 6.07) is 6.75. The molecule has 0 radical (unpaired) electrons. The molecule has 0 saturated carbocycles. The van der Waals surface area contributed by atoms with E-state index in [1.807, 2.05) is 0 Å². The van der Waals surface area contributed by atoms with Crippen molar-refractivity contribution in [3.05, 3.63) is 71.7 Å². The van der Waals surface area contributed by atoms with Crippen LogP contribution < -0.4 is 4.74 Å². The number of benzene rings is 2. The predicted molar refractivity (Wildman–Crippen MR) is 96.5 cm³/mol. The van der Waals surface area contributed by atoms with Crippen molar-refractivity contribution in [2.75, 3.05) is 0 Å². The highest BCUT2D eigenvalue weighted by molar-refractivity contribution is 5.88. The van der Waals surface area contributed by atoms with Crippen LogP contribution >= 0.6 is 0 Å². The lowest BCUT2D eigenvalue weighted by Gasteiger charge is -2.09. The lowest BCUT2D eigenvalue weighted by Crippen LogP contribution is -2.03. The molecule has 0 spiro atoms. The van der Waals surface area contributed by atoms with Gasteiger partial charge in [0, 0.05) is 11.6 Å². The first-order valence-electron chi connectivity index (χ1n) is 8.61. The number of nitrogens with one attached hydrogen (secondary N) is 1. The maximum Gasteiger partial charge on any atom is 0.203 e. The second kappa shape index (κ2) is 6.79. The van der Waals surface area contributed by atoms with E-state index in [4.69, 9.17) is 4.74 Å². The van der Waals surface area contributed by atoms with Crippen LogP contribution in [0.4, 0.5) is 17.6 Å². The smallest absolute Gasteiger partial charge is 0.203 e. The molecule has 0 bridgehead atoms. The Labute approximate surface area is 165 Å².